The third kappa shape index (κ3) is 3.90. The number of rotatable bonds is 4. The van der Waals surface area contributed by atoms with Crippen LogP contribution in [0, 0.1) is 11.7 Å². The number of piperidine rings is 1. The summed E-state index contributed by atoms with van der Waals surface area (Å²) in [5, 5.41) is 0. The maximum absolute atomic E-state index is 13.1. The quantitative estimate of drug-likeness (QED) is 0.923. The molecule has 1 amide bonds. The van der Waals surface area contributed by atoms with Gasteiger partial charge in [0.2, 0.25) is 5.91 Å². The van der Waals surface area contributed by atoms with Gasteiger partial charge in [0.25, 0.3) is 0 Å². The Morgan fingerprint density at radius 2 is 1.96 bits per heavy atom. The van der Waals surface area contributed by atoms with E-state index in [0.29, 0.717) is 19.0 Å². The molecule has 2 N–H and O–H groups in total. The van der Waals surface area contributed by atoms with Crippen LogP contribution in [0.3, 0.4) is 0 Å². The van der Waals surface area contributed by atoms with E-state index in [9.17, 15) is 9.18 Å². The minimum absolute atomic E-state index is 0.0367. The largest absolute Gasteiger partial charge is 0.341 e. The number of halogens is 1. The molecular formula is C18H26FN3O. The summed E-state index contributed by atoms with van der Waals surface area (Å²) in [6.45, 7) is 3.94. The molecule has 2 aliphatic heterocycles. The Balaban J connectivity index is 1.66. The fraction of sp³-hybridized carbons (Fsp3) is 0.611. The van der Waals surface area contributed by atoms with E-state index in [-0.39, 0.29) is 17.8 Å². The van der Waals surface area contributed by atoms with Gasteiger partial charge < -0.3 is 10.6 Å². The fourth-order valence-electron chi connectivity index (χ4n) is 3.72. The number of hydrogen-bond acceptors (Lipinski definition) is 3. The summed E-state index contributed by atoms with van der Waals surface area (Å²) >= 11 is 0. The molecule has 0 aliphatic carbocycles. The molecule has 3 rings (SSSR count). The molecule has 1 aromatic carbocycles. The van der Waals surface area contributed by atoms with E-state index in [0.717, 1.165) is 50.9 Å². The average Bonchev–Trinajstić information content (AvgIpc) is 3.06. The second kappa shape index (κ2) is 7.41. The highest BCUT2D eigenvalue weighted by Gasteiger charge is 2.34. The van der Waals surface area contributed by atoms with Gasteiger partial charge in [0.1, 0.15) is 5.82 Å². The Morgan fingerprint density at radius 3 is 2.65 bits per heavy atom. The van der Waals surface area contributed by atoms with Gasteiger partial charge in [-0.05, 0) is 56.0 Å². The number of amides is 1. The van der Waals surface area contributed by atoms with Crippen LogP contribution < -0.4 is 5.73 Å². The molecule has 4 nitrogen and oxygen atoms in total. The van der Waals surface area contributed by atoms with Crippen molar-refractivity contribution in [1.82, 2.24) is 9.80 Å². The Morgan fingerprint density at radius 1 is 1.17 bits per heavy atom. The molecule has 2 heterocycles. The van der Waals surface area contributed by atoms with Crippen molar-refractivity contribution in [2.45, 2.75) is 38.3 Å². The summed E-state index contributed by atoms with van der Waals surface area (Å²) in [4.78, 5) is 17.2. The molecule has 1 aromatic rings. The van der Waals surface area contributed by atoms with E-state index in [1.165, 1.54) is 12.1 Å². The molecule has 126 valence electrons. The Kier molecular flexibility index (Phi) is 5.28. The zero-order chi connectivity index (χ0) is 16.2. The van der Waals surface area contributed by atoms with Gasteiger partial charge in [0.15, 0.2) is 0 Å². The molecule has 0 bridgehead atoms. The van der Waals surface area contributed by atoms with Crippen molar-refractivity contribution in [1.29, 1.82) is 0 Å². The SMILES string of the molecule is NCC1CCN(C(=O)C2CCCCN2Cc2ccc(F)cc2)C1. The van der Waals surface area contributed by atoms with Gasteiger partial charge in [-0.3, -0.25) is 9.69 Å². The molecule has 0 radical (unpaired) electrons. The number of benzene rings is 1. The third-order valence-electron chi connectivity index (χ3n) is 5.13. The lowest BCUT2D eigenvalue weighted by molar-refractivity contribution is -0.137. The highest BCUT2D eigenvalue weighted by atomic mass is 19.1. The Bertz CT molecular complexity index is 534. The first-order valence-corrected chi connectivity index (χ1v) is 8.64. The molecule has 0 aromatic heterocycles. The zero-order valence-corrected chi connectivity index (χ0v) is 13.6. The van der Waals surface area contributed by atoms with Crippen molar-refractivity contribution in [2.24, 2.45) is 11.7 Å². The summed E-state index contributed by atoms with van der Waals surface area (Å²) in [5.41, 5.74) is 6.80. The van der Waals surface area contributed by atoms with Crippen molar-refractivity contribution in [3.63, 3.8) is 0 Å². The molecule has 2 fully saturated rings. The van der Waals surface area contributed by atoms with Crippen LogP contribution in [0.2, 0.25) is 0 Å². The van der Waals surface area contributed by atoms with Crippen LogP contribution in [-0.2, 0) is 11.3 Å². The van der Waals surface area contributed by atoms with Crippen LogP contribution in [0.25, 0.3) is 0 Å². The van der Waals surface area contributed by atoms with Crippen molar-refractivity contribution in [3.8, 4) is 0 Å². The van der Waals surface area contributed by atoms with E-state index in [1.54, 1.807) is 0 Å². The van der Waals surface area contributed by atoms with Gasteiger partial charge in [-0.2, -0.15) is 0 Å². The smallest absolute Gasteiger partial charge is 0.239 e. The molecule has 2 unspecified atom stereocenters. The van der Waals surface area contributed by atoms with Crippen molar-refractivity contribution in [2.75, 3.05) is 26.2 Å². The molecule has 2 atom stereocenters. The van der Waals surface area contributed by atoms with Crippen LogP contribution >= 0.6 is 0 Å². The predicted molar refractivity (Wildman–Crippen MR) is 88.2 cm³/mol. The van der Waals surface area contributed by atoms with Gasteiger partial charge in [-0.25, -0.2) is 4.39 Å². The summed E-state index contributed by atoms with van der Waals surface area (Å²) in [6, 6.07) is 6.56. The number of carbonyl (C=O) groups excluding carboxylic acids is 1. The first-order valence-electron chi connectivity index (χ1n) is 8.64. The molecular weight excluding hydrogens is 293 g/mol. The van der Waals surface area contributed by atoms with E-state index < -0.39 is 0 Å². The average molecular weight is 319 g/mol. The van der Waals surface area contributed by atoms with Crippen molar-refractivity contribution in [3.05, 3.63) is 35.6 Å². The number of hydrogen-bond donors (Lipinski definition) is 1. The van der Waals surface area contributed by atoms with Gasteiger partial charge in [-0.1, -0.05) is 18.6 Å². The van der Waals surface area contributed by atoms with E-state index in [2.05, 4.69) is 4.90 Å². The maximum atomic E-state index is 13.1. The van der Waals surface area contributed by atoms with Gasteiger partial charge in [0, 0.05) is 19.6 Å². The predicted octanol–water partition coefficient (Wildman–Crippen LogP) is 1.99. The summed E-state index contributed by atoms with van der Waals surface area (Å²) in [6.07, 6.45) is 4.16. The lowest BCUT2D eigenvalue weighted by atomic mass is 10.00. The monoisotopic (exact) mass is 319 g/mol. The van der Waals surface area contributed by atoms with E-state index in [4.69, 9.17) is 5.73 Å². The highest BCUT2D eigenvalue weighted by molar-refractivity contribution is 5.82. The minimum atomic E-state index is -0.218. The Labute approximate surface area is 137 Å². The molecule has 5 heteroatoms. The van der Waals surface area contributed by atoms with Crippen LogP contribution in [0.1, 0.15) is 31.2 Å². The number of nitrogens with two attached hydrogens (primary N) is 1. The van der Waals surface area contributed by atoms with Gasteiger partial charge >= 0.3 is 0 Å². The molecule has 2 saturated heterocycles. The van der Waals surface area contributed by atoms with E-state index in [1.807, 2.05) is 17.0 Å². The first-order chi connectivity index (χ1) is 11.2. The van der Waals surface area contributed by atoms with Gasteiger partial charge in [-0.15, -0.1) is 0 Å². The molecule has 23 heavy (non-hydrogen) atoms. The lowest BCUT2D eigenvalue weighted by Gasteiger charge is -2.36. The topological polar surface area (TPSA) is 49.6 Å². The summed E-state index contributed by atoms with van der Waals surface area (Å²) < 4.78 is 13.1. The second-order valence-corrected chi connectivity index (χ2v) is 6.78. The second-order valence-electron chi connectivity index (χ2n) is 6.78. The highest BCUT2D eigenvalue weighted by Crippen LogP contribution is 2.24. The molecule has 0 spiro atoms. The molecule has 2 aliphatic rings. The van der Waals surface area contributed by atoms with Crippen molar-refractivity contribution >= 4 is 5.91 Å². The fourth-order valence-corrected chi connectivity index (χ4v) is 3.72. The van der Waals surface area contributed by atoms with Crippen LogP contribution in [0.5, 0.6) is 0 Å². The third-order valence-corrected chi connectivity index (χ3v) is 5.13. The zero-order valence-electron chi connectivity index (χ0n) is 13.6. The number of likely N-dealkylation sites (tertiary alicyclic amines) is 2. The standard InChI is InChI=1S/C18H26FN3O/c19-16-6-4-14(5-7-16)12-21-9-2-1-3-17(21)18(23)22-10-8-15(11-20)13-22/h4-7,15,17H,1-3,8-13,20H2. The summed E-state index contributed by atoms with van der Waals surface area (Å²) in [7, 11) is 0. The first kappa shape index (κ1) is 16.4. The van der Waals surface area contributed by atoms with E-state index >= 15 is 0 Å². The van der Waals surface area contributed by atoms with Crippen molar-refractivity contribution < 1.29 is 9.18 Å². The van der Waals surface area contributed by atoms with Crippen LogP contribution in [0.4, 0.5) is 4.39 Å². The van der Waals surface area contributed by atoms with Gasteiger partial charge in [0.05, 0.1) is 6.04 Å². The Hall–Kier alpha value is -1.46. The minimum Gasteiger partial charge on any atom is -0.341 e. The lowest BCUT2D eigenvalue weighted by Crippen LogP contribution is -2.50. The number of nitrogens with zero attached hydrogens (tertiary/aromatic N) is 2. The summed E-state index contributed by atoms with van der Waals surface area (Å²) in [5.74, 6) is 0.487. The van der Waals surface area contributed by atoms with Crippen LogP contribution in [0.15, 0.2) is 24.3 Å². The number of carbonyl (C=O) groups is 1. The normalized spacial score (nSPS) is 25.7. The molecule has 0 saturated carbocycles. The maximum Gasteiger partial charge on any atom is 0.239 e. The van der Waals surface area contributed by atoms with Crippen LogP contribution in [-0.4, -0.2) is 47.9 Å².